The lowest BCUT2D eigenvalue weighted by Gasteiger charge is -2.33. The lowest BCUT2D eigenvalue weighted by atomic mass is 9.89. The zero-order valence-corrected chi connectivity index (χ0v) is 20.8. The van der Waals surface area contributed by atoms with Crippen molar-refractivity contribution in [2.75, 3.05) is 37.6 Å². The average molecular weight is 515 g/mol. The highest BCUT2D eigenvalue weighted by molar-refractivity contribution is 7.92. The molecular formula is C27H28F2N2O4S. The highest BCUT2D eigenvalue weighted by Gasteiger charge is 2.30. The SMILES string of the molecule is COc1ccccc1N(CCN1CCC(C(=O)c2ccc(F)cc2)CC1)S(=O)(=O)c1ccc(F)cc1. The van der Waals surface area contributed by atoms with Crippen LogP contribution < -0.4 is 9.04 Å². The van der Waals surface area contributed by atoms with Crippen LogP contribution in [0.4, 0.5) is 14.5 Å². The molecule has 1 heterocycles. The summed E-state index contributed by atoms with van der Waals surface area (Å²) in [6.45, 7) is 1.86. The van der Waals surface area contributed by atoms with Crippen molar-refractivity contribution in [2.24, 2.45) is 5.92 Å². The van der Waals surface area contributed by atoms with E-state index in [1.54, 1.807) is 24.3 Å². The Hall–Kier alpha value is -3.30. The predicted molar refractivity (Wildman–Crippen MR) is 134 cm³/mol. The fourth-order valence-corrected chi connectivity index (χ4v) is 5.91. The summed E-state index contributed by atoms with van der Waals surface area (Å²) in [4.78, 5) is 14.9. The van der Waals surface area contributed by atoms with Crippen molar-refractivity contribution in [1.29, 1.82) is 0 Å². The van der Waals surface area contributed by atoms with Gasteiger partial charge in [-0.1, -0.05) is 12.1 Å². The molecule has 36 heavy (non-hydrogen) atoms. The van der Waals surface area contributed by atoms with Crippen LogP contribution >= 0.6 is 0 Å². The molecule has 0 spiro atoms. The van der Waals surface area contributed by atoms with Gasteiger partial charge in [0.1, 0.15) is 17.4 Å². The molecule has 0 atom stereocenters. The first-order valence-corrected chi connectivity index (χ1v) is 13.2. The van der Waals surface area contributed by atoms with Gasteiger partial charge in [0.2, 0.25) is 0 Å². The van der Waals surface area contributed by atoms with Crippen molar-refractivity contribution in [3.05, 3.63) is 90.0 Å². The van der Waals surface area contributed by atoms with Crippen molar-refractivity contribution in [3.8, 4) is 5.75 Å². The molecule has 0 aromatic heterocycles. The maximum Gasteiger partial charge on any atom is 0.264 e. The van der Waals surface area contributed by atoms with Gasteiger partial charge in [0.05, 0.1) is 17.7 Å². The number of methoxy groups -OCH3 is 1. The zero-order chi connectivity index (χ0) is 25.7. The Morgan fingerprint density at radius 3 is 2.14 bits per heavy atom. The van der Waals surface area contributed by atoms with Gasteiger partial charge < -0.3 is 9.64 Å². The second-order valence-corrected chi connectivity index (χ2v) is 10.6. The quantitative estimate of drug-likeness (QED) is 0.385. The number of carbonyl (C=O) groups excluding carboxylic acids is 1. The molecule has 1 fully saturated rings. The molecule has 1 saturated heterocycles. The number of piperidine rings is 1. The number of Topliss-reactive ketones (excluding diaryl/α,β-unsaturated/α-hetero) is 1. The first-order chi connectivity index (χ1) is 17.3. The van der Waals surface area contributed by atoms with Crippen LogP contribution in [0, 0.1) is 17.6 Å². The Morgan fingerprint density at radius 1 is 0.944 bits per heavy atom. The van der Waals surface area contributed by atoms with E-state index in [1.807, 2.05) is 0 Å². The molecule has 1 aliphatic heterocycles. The topological polar surface area (TPSA) is 66.9 Å². The Morgan fingerprint density at radius 2 is 1.53 bits per heavy atom. The number of benzene rings is 3. The molecule has 0 aliphatic carbocycles. The van der Waals surface area contributed by atoms with E-state index in [0.29, 0.717) is 49.5 Å². The molecular weight excluding hydrogens is 486 g/mol. The van der Waals surface area contributed by atoms with Gasteiger partial charge >= 0.3 is 0 Å². The van der Waals surface area contributed by atoms with Crippen molar-refractivity contribution < 1.29 is 26.7 Å². The van der Waals surface area contributed by atoms with Crippen LogP contribution in [0.2, 0.25) is 0 Å². The third-order valence-electron chi connectivity index (χ3n) is 6.46. The fourth-order valence-electron chi connectivity index (χ4n) is 4.44. The predicted octanol–water partition coefficient (Wildman–Crippen LogP) is 4.76. The van der Waals surface area contributed by atoms with Crippen LogP contribution in [0.25, 0.3) is 0 Å². The molecule has 0 amide bonds. The van der Waals surface area contributed by atoms with E-state index in [2.05, 4.69) is 4.90 Å². The first-order valence-electron chi connectivity index (χ1n) is 11.7. The second kappa shape index (κ2) is 11.2. The number of nitrogens with zero attached hydrogens (tertiary/aromatic N) is 2. The molecule has 0 radical (unpaired) electrons. The van der Waals surface area contributed by atoms with Gasteiger partial charge in [-0.05, 0) is 86.6 Å². The second-order valence-electron chi connectivity index (χ2n) is 8.69. The van der Waals surface area contributed by atoms with Crippen LogP contribution in [-0.2, 0) is 10.0 Å². The number of para-hydroxylation sites is 2. The number of anilines is 1. The normalized spacial score (nSPS) is 15.0. The van der Waals surface area contributed by atoms with Gasteiger partial charge in [-0.3, -0.25) is 9.10 Å². The fraction of sp³-hybridized carbons (Fsp3) is 0.296. The standard InChI is InChI=1S/C27H28F2N2O4S/c1-35-26-5-3-2-4-25(26)31(36(33,34)24-12-10-23(29)11-13-24)19-18-30-16-14-21(15-17-30)27(32)20-6-8-22(28)9-7-20/h2-13,21H,14-19H2,1H3. The van der Waals surface area contributed by atoms with Gasteiger partial charge in [0, 0.05) is 24.6 Å². The zero-order valence-electron chi connectivity index (χ0n) is 19.9. The van der Waals surface area contributed by atoms with Crippen molar-refractivity contribution >= 4 is 21.5 Å². The maximum absolute atomic E-state index is 13.6. The van der Waals surface area contributed by atoms with Crippen LogP contribution in [-0.4, -0.2) is 52.4 Å². The highest BCUT2D eigenvalue weighted by Crippen LogP contribution is 2.32. The van der Waals surface area contributed by atoms with E-state index >= 15 is 0 Å². The summed E-state index contributed by atoms with van der Waals surface area (Å²) < 4.78 is 60.5. The Kier molecular flexibility index (Phi) is 8.01. The lowest BCUT2D eigenvalue weighted by molar-refractivity contribution is 0.0843. The third kappa shape index (κ3) is 5.74. The summed E-state index contributed by atoms with van der Waals surface area (Å²) in [7, 11) is -2.52. The van der Waals surface area contributed by atoms with Crippen molar-refractivity contribution in [2.45, 2.75) is 17.7 Å². The summed E-state index contributed by atoms with van der Waals surface area (Å²) in [5.74, 6) is -0.636. The summed E-state index contributed by atoms with van der Waals surface area (Å²) >= 11 is 0. The molecule has 1 aliphatic rings. The number of ether oxygens (including phenoxy) is 1. The van der Waals surface area contributed by atoms with Crippen LogP contribution in [0.1, 0.15) is 23.2 Å². The van der Waals surface area contributed by atoms with E-state index in [-0.39, 0.29) is 29.0 Å². The maximum atomic E-state index is 13.6. The van der Waals surface area contributed by atoms with Crippen LogP contribution in [0.5, 0.6) is 5.75 Å². The van der Waals surface area contributed by atoms with Crippen LogP contribution in [0.15, 0.2) is 77.7 Å². The highest BCUT2D eigenvalue weighted by atomic mass is 32.2. The molecule has 0 saturated carbocycles. The van der Waals surface area contributed by atoms with Gasteiger partial charge in [-0.2, -0.15) is 0 Å². The summed E-state index contributed by atoms with van der Waals surface area (Å²) in [5, 5.41) is 0. The van der Waals surface area contributed by atoms with E-state index < -0.39 is 15.8 Å². The summed E-state index contributed by atoms with van der Waals surface area (Å²) in [6.07, 6.45) is 1.27. The number of ketones is 1. The van der Waals surface area contributed by atoms with E-state index in [1.165, 1.54) is 47.8 Å². The number of hydrogen-bond donors (Lipinski definition) is 0. The number of rotatable bonds is 9. The number of carbonyl (C=O) groups is 1. The summed E-state index contributed by atoms with van der Waals surface area (Å²) in [6, 6.07) is 17.2. The number of hydrogen-bond acceptors (Lipinski definition) is 5. The Bertz CT molecular complexity index is 1290. The van der Waals surface area contributed by atoms with Gasteiger partial charge in [-0.15, -0.1) is 0 Å². The minimum absolute atomic E-state index is 0.00388. The minimum Gasteiger partial charge on any atom is -0.495 e. The molecule has 4 rings (SSSR count). The molecule has 3 aromatic carbocycles. The van der Waals surface area contributed by atoms with Crippen LogP contribution in [0.3, 0.4) is 0 Å². The molecule has 3 aromatic rings. The first kappa shape index (κ1) is 25.8. The lowest BCUT2D eigenvalue weighted by Crippen LogP contribution is -2.43. The molecule has 0 N–H and O–H groups in total. The summed E-state index contributed by atoms with van der Waals surface area (Å²) in [5.41, 5.74) is 0.897. The van der Waals surface area contributed by atoms with Gasteiger partial charge in [0.25, 0.3) is 10.0 Å². The van der Waals surface area contributed by atoms with Crippen molar-refractivity contribution in [1.82, 2.24) is 4.90 Å². The smallest absolute Gasteiger partial charge is 0.264 e. The largest absolute Gasteiger partial charge is 0.495 e. The van der Waals surface area contributed by atoms with E-state index in [9.17, 15) is 22.0 Å². The van der Waals surface area contributed by atoms with E-state index in [4.69, 9.17) is 4.74 Å². The number of likely N-dealkylation sites (tertiary alicyclic amines) is 1. The molecule has 6 nitrogen and oxygen atoms in total. The van der Waals surface area contributed by atoms with Gasteiger partial charge in [-0.25, -0.2) is 17.2 Å². The average Bonchev–Trinajstić information content (AvgIpc) is 2.89. The van der Waals surface area contributed by atoms with Crippen molar-refractivity contribution in [3.63, 3.8) is 0 Å². The Labute approximate surface area is 210 Å². The molecule has 9 heteroatoms. The monoisotopic (exact) mass is 514 g/mol. The molecule has 190 valence electrons. The van der Waals surface area contributed by atoms with Gasteiger partial charge in [0.15, 0.2) is 5.78 Å². The molecule has 0 unspecified atom stereocenters. The Balaban J connectivity index is 1.47. The number of halogens is 2. The third-order valence-corrected chi connectivity index (χ3v) is 8.29. The minimum atomic E-state index is -3.99. The molecule has 0 bridgehead atoms. The number of sulfonamides is 1. The van der Waals surface area contributed by atoms with E-state index in [0.717, 1.165) is 12.1 Å².